The summed E-state index contributed by atoms with van der Waals surface area (Å²) in [7, 11) is 0. The third-order valence-corrected chi connectivity index (χ3v) is 5.77. The van der Waals surface area contributed by atoms with Crippen molar-refractivity contribution in [3.8, 4) is 17.1 Å². The molecule has 0 fully saturated rings. The van der Waals surface area contributed by atoms with E-state index in [0.717, 1.165) is 11.3 Å². The molecular weight excluding hydrogens is 441 g/mol. The molecule has 1 amide bonds. The maximum atomic E-state index is 12.4. The smallest absolute Gasteiger partial charge is 0.234 e. The number of amides is 1. The second kappa shape index (κ2) is 9.30. The Hall–Kier alpha value is -2.87. The first-order valence-electron chi connectivity index (χ1n) is 8.91. The molecule has 2 heterocycles. The maximum absolute atomic E-state index is 12.4. The molecule has 0 saturated heterocycles. The van der Waals surface area contributed by atoms with Crippen LogP contribution in [-0.4, -0.2) is 31.4 Å². The highest BCUT2D eigenvalue weighted by molar-refractivity contribution is 7.99. The van der Waals surface area contributed by atoms with Crippen molar-refractivity contribution in [3.05, 3.63) is 83.1 Å². The Labute approximate surface area is 187 Å². The van der Waals surface area contributed by atoms with E-state index in [-0.39, 0.29) is 11.7 Å². The van der Waals surface area contributed by atoms with Gasteiger partial charge >= 0.3 is 0 Å². The Morgan fingerprint density at radius 1 is 1.00 bits per heavy atom. The number of nitrogens with zero attached hydrogens (tertiary/aromatic N) is 4. The second-order valence-corrected chi connectivity index (χ2v) is 7.94. The third-order valence-electron chi connectivity index (χ3n) is 4.10. The molecule has 4 aromatic rings. The summed E-state index contributed by atoms with van der Waals surface area (Å²) in [5.74, 6) is 0.615. The summed E-state index contributed by atoms with van der Waals surface area (Å²) >= 11 is 13.2. The molecule has 0 radical (unpaired) electrons. The number of hydrogen-bond donors (Lipinski definition) is 1. The molecule has 0 saturated carbocycles. The van der Waals surface area contributed by atoms with E-state index >= 15 is 0 Å². The molecule has 0 unspecified atom stereocenters. The third kappa shape index (κ3) is 4.64. The largest absolute Gasteiger partial charge is 0.325 e. The van der Waals surface area contributed by atoms with E-state index in [4.69, 9.17) is 23.2 Å². The van der Waals surface area contributed by atoms with Crippen LogP contribution < -0.4 is 5.32 Å². The van der Waals surface area contributed by atoms with Gasteiger partial charge in [0.1, 0.15) is 0 Å². The fourth-order valence-corrected chi connectivity index (χ4v) is 3.81. The second-order valence-electron chi connectivity index (χ2n) is 6.18. The molecule has 9 heteroatoms. The normalized spacial score (nSPS) is 10.7. The van der Waals surface area contributed by atoms with Crippen molar-refractivity contribution in [1.82, 2.24) is 19.7 Å². The summed E-state index contributed by atoms with van der Waals surface area (Å²) in [6, 6.07) is 18.4. The van der Waals surface area contributed by atoms with E-state index in [0.29, 0.717) is 26.7 Å². The highest BCUT2D eigenvalue weighted by atomic mass is 35.5. The molecular formula is C21H15Cl2N5OS. The van der Waals surface area contributed by atoms with Gasteiger partial charge in [0, 0.05) is 29.3 Å². The van der Waals surface area contributed by atoms with E-state index in [2.05, 4.69) is 20.5 Å². The van der Waals surface area contributed by atoms with Crippen molar-refractivity contribution in [2.45, 2.75) is 5.16 Å². The number of aromatic nitrogens is 4. The van der Waals surface area contributed by atoms with Gasteiger partial charge in [-0.1, -0.05) is 53.2 Å². The van der Waals surface area contributed by atoms with E-state index in [9.17, 15) is 4.79 Å². The number of thioether (sulfide) groups is 1. The van der Waals surface area contributed by atoms with Crippen LogP contribution in [0.25, 0.3) is 17.1 Å². The first-order valence-corrected chi connectivity index (χ1v) is 10.6. The quantitative estimate of drug-likeness (QED) is 0.395. The lowest BCUT2D eigenvalue weighted by molar-refractivity contribution is -0.113. The SMILES string of the molecule is O=C(CSc1nnc(-c2cccnc2)n1-c1ccccc1)Nc1ccc(Cl)c(Cl)c1. The zero-order valence-corrected chi connectivity index (χ0v) is 17.8. The lowest BCUT2D eigenvalue weighted by atomic mass is 10.2. The zero-order chi connectivity index (χ0) is 20.9. The molecule has 0 aliphatic heterocycles. The fourth-order valence-electron chi connectivity index (χ4n) is 2.76. The van der Waals surface area contributed by atoms with Crippen molar-refractivity contribution < 1.29 is 4.79 Å². The number of carbonyl (C=O) groups excluding carboxylic acids is 1. The Morgan fingerprint density at radius 3 is 2.57 bits per heavy atom. The predicted octanol–water partition coefficient (Wildman–Crippen LogP) is 5.37. The van der Waals surface area contributed by atoms with Crippen LogP contribution in [0.2, 0.25) is 10.0 Å². The maximum Gasteiger partial charge on any atom is 0.234 e. The molecule has 0 spiro atoms. The van der Waals surface area contributed by atoms with Gasteiger partial charge in [-0.2, -0.15) is 0 Å². The summed E-state index contributed by atoms with van der Waals surface area (Å²) < 4.78 is 1.91. The van der Waals surface area contributed by atoms with Crippen LogP contribution in [0.3, 0.4) is 0 Å². The summed E-state index contributed by atoms with van der Waals surface area (Å²) in [6.45, 7) is 0. The highest BCUT2D eigenvalue weighted by Crippen LogP contribution is 2.28. The molecule has 4 rings (SSSR count). The standard InChI is InChI=1S/C21H15Cl2N5OS/c22-17-9-8-15(11-18(17)23)25-19(29)13-30-21-27-26-20(14-5-4-10-24-12-14)28(21)16-6-2-1-3-7-16/h1-12H,13H2,(H,25,29). The number of para-hydroxylation sites is 1. The van der Waals surface area contributed by atoms with Crippen molar-refractivity contribution in [3.63, 3.8) is 0 Å². The Kier molecular flexibility index (Phi) is 6.32. The summed E-state index contributed by atoms with van der Waals surface area (Å²) in [5.41, 5.74) is 2.31. The van der Waals surface area contributed by atoms with Gasteiger partial charge in [-0.05, 0) is 42.5 Å². The molecule has 1 N–H and O–H groups in total. The minimum atomic E-state index is -0.191. The van der Waals surface area contributed by atoms with Gasteiger partial charge in [-0.25, -0.2) is 0 Å². The van der Waals surface area contributed by atoms with E-state index in [1.807, 2.05) is 47.0 Å². The van der Waals surface area contributed by atoms with Crippen LogP contribution >= 0.6 is 35.0 Å². The van der Waals surface area contributed by atoms with Gasteiger partial charge in [0.2, 0.25) is 5.91 Å². The lowest BCUT2D eigenvalue weighted by Crippen LogP contribution is -2.14. The van der Waals surface area contributed by atoms with Crippen molar-refractivity contribution >= 4 is 46.6 Å². The number of halogens is 2. The first kappa shape index (κ1) is 20.4. The van der Waals surface area contributed by atoms with Gasteiger partial charge in [-0.15, -0.1) is 10.2 Å². The van der Waals surface area contributed by atoms with Gasteiger partial charge < -0.3 is 5.32 Å². The van der Waals surface area contributed by atoms with E-state index < -0.39 is 0 Å². The van der Waals surface area contributed by atoms with Gasteiger partial charge in [-0.3, -0.25) is 14.3 Å². The van der Waals surface area contributed by atoms with E-state index in [1.54, 1.807) is 30.6 Å². The predicted molar refractivity (Wildman–Crippen MR) is 120 cm³/mol. The molecule has 30 heavy (non-hydrogen) atoms. The lowest BCUT2D eigenvalue weighted by Gasteiger charge is -2.10. The summed E-state index contributed by atoms with van der Waals surface area (Å²) in [6.07, 6.45) is 3.44. The van der Waals surface area contributed by atoms with Crippen LogP contribution in [0.4, 0.5) is 5.69 Å². The average molecular weight is 456 g/mol. The van der Waals surface area contributed by atoms with Crippen molar-refractivity contribution in [2.24, 2.45) is 0 Å². The van der Waals surface area contributed by atoms with E-state index in [1.165, 1.54) is 11.8 Å². The molecule has 2 aromatic heterocycles. The van der Waals surface area contributed by atoms with Crippen molar-refractivity contribution in [2.75, 3.05) is 11.1 Å². The first-order chi connectivity index (χ1) is 14.6. The number of rotatable bonds is 6. The number of nitrogens with one attached hydrogen (secondary N) is 1. The molecule has 0 atom stereocenters. The monoisotopic (exact) mass is 455 g/mol. The molecule has 0 aliphatic carbocycles. The Bertz CT molecular complexity index is 1170. The molecule has 0 aliphatic rings. The molecule has 0 bridgehead atoms. The van der Waals surface area contributed by atoms with Crippen LogP contribution in [0, 0.1) is 0 Å². The number of carbonyl (C=O) groups is 1. The number of anilines is 1. The molecule has 2 aromatic carbocycles. The minimum absolute atomic E-state index is 0.151. The average Bonchev–Trinajstić information content (AvgIpc) is 3.20. The number of pyridine rings is 1. The van der Waals surface area contributed by atoms with Crippen LogP contribution in [0.15, 0.2) is 78.2 Å². The topological polar surface area (TPSA) is 72.7 Å². The molecule has 150 valence electrons. The van der Waals surface area contributed by atoms with Gasteiger partial charge in [0.05, 0.1) is 15.8 Å². The zero-order valence-electron chi connectivity index (χ0n) is 15.5. The molecule has 6 nitrogen and oxygen atoms in total. The van der Waals surface area contributed by atoms with Gasteiger partial charge in [0.25, 0.3) is 0 Å². The minimum Gasteiger partial charge on any atom is -0.325 e. The Morgan fingerprint density at radius 2 is 1.83 bits per heavy atom. The number of hydrogen-bond acceptors (Lipinski definition) is 5. The fraction of sp³-hybridized carbons (Fsp3) is 0.0476. The van der Waals surface area contributed by atoms with Crippen LogP contribution in [0.1, 0.15) is 0 Å². The summed E-state index contributed by atoms with van der Waals surface area (Å²) in [4.78, 5) is 16.6. The highest BCUT2D eigenvalue weighted by Gasteiger charge is 2.17. The van der Waals surface area contributed by atoms with Crippen LogP contribution in [0.5, 0.6) is 0 Å². The summed E-state index contributed by atoms with van der Waals surface area (Å²) in [5, 5.41) is 12.9. The number of benzene rings is 2. The van der Waals surface area contributed by atoms with Crippen LogP contribution in [-0.2, 0) is 4.79 Å². The van der Waals surface area contributed by atoms with Crippen molar-refractivity contribution in [1.29, 1.82) is 0 Å². The van der Waals surface area contributed by atoms with Gasteiger partial charge in [0.15, 0.2) is 11.0 Å². The Balaban J connectivity index is 1.56.